The largest absolute Gasteiger partial charge is 0.438 e. The lowest BCUT2D eigenvalue weighted by atomic mass is 10.2. The second kappa shape index (κ2) is 5.57. The number of hydrogen-bond donors (Lipinski definition) is 1. The number of aromatic nitrogens is 1. The predicted octanol–water partition coefficient (Wildman–Crippen LogP) is 3.95. The molecule has 0 aliphatic rings. The van der Waals surface area contributed by atoms with E-state index in [-0.39, 0.29) is 0 Å². The maximum absolute atomic E-state index is 6.06. The third-order valence-corrected chi connectivity index (χ3v) is 3.14. The van der Waals surface area contributed by atoms with E-state index in [0.717, 1.165) is 11.1 Å². The molecule has 2 aromatic rings. The average Bonchev–Trinajstić information content (AvgIpc) is 2.36. The van der Waals surface area contributed by atoms with Gasteiger partial charge in [0.2, 0.25) is 5.88 Å². The van der Waals surface area contributed by atoms with Gasteiger partial charge < -0.3 is 10.5 Å². The van der Waals surface area contributed by atoms with Crippen molar-refractivity contribution in [3.8, 4) is 11.6 Å². The SMILES string of the molecule is Cc1cc(Oc2ncc(CN)cc2Cl)ccc1Cl. The van der Waals surface area contributed by atoms with Crippen LogP contribution in [0, 0.1) is 6.92 Å². The van der Waals surface area contributed by atoms with Crippen LogP contribution in [0.15, 0.2) is 30.5 Å². The smallest absolute Gasteiger partial charge is 0.238 e. The Bertz CT molecular complexity index is 573. The van der Waals surface area contributed by atoms with Crippen molar-refractivity contribution < 1.29 is 4.74 Å². The summed E-state index contributed by atoms with van der Waals surface area (Å²) in [5.41, 5.74) is 7.30. The molecule has 0 saturated heterocycles. The number of nitrogens with two attached hydrogens (primary N) is 1. The molecule has 0 saturated carbocycles. The maximum atomic E-state index is 6.06. The van der Waals surface area contributed by atoms with Crippen LogP contribution in [0.2, 0.25) is 10.0 Å². The topological polar surface area (TPSA) is 48.1 Å². The summed E-state index contributed by atoms with van der Waals surface area (Å²) in [6.07, 6.45) is 1.64. The molecule has 0 radical (unpaired) electrons. The highest BCUT2D eigenvalue weighted by Gasteiger charge is 2.07. The molecule has 1 heterocycles. The summed E-state index contributed by atoms with van der Waals surface area (Å²) >= 11 is 12.0. The number of benzene rings is 1. The minimum Gasteiger partial charge on any atom is -0.438 e. The highest BCUT2D eigenvalue weighted by atomic mass is 35.5. The van der Waals surface area contributed by atoms with Gasteiger partial charge in [-0.15, -0.1) is 0 Å². The van der Waals surface area contributed by atoms with Crippen molar-refractivity contribution in [2.45, 2.75) is 13.5 Å². The summed E-state index contributed by atoms with van der Waals surface area (Å²) < 4.78 is 5.60. The number of pyridine rings is 1. The van der Waals surface area contributed by atoms with Gasteiger partial charge in [-0.2, -0.15) is 0 Å². The van der Waals surface area contributed by atoms with Gasteiger partial charge in [-0.3, -0.25) is 0 Å². The minimum atomic E-state index is 0.357. The van der Waals surface area contributed by atoms with Gasteiger partial charge in [-0.05, 0) is 42.3 Å². The molecule has 5 heteroatoms. The first-order valence-electron chi connectivity index (χ1n) is 5.38. The first-order valence-corrected chi connectivity index (χ1v) is 6.14. The summed E-state index contributed by atoms with van der Waals surface area (Å²) in [4.78, 5) is 4.13. The average molecular weight is 283 g/mol. The van der Waals surface area contributed by atoms with Gasteiger partial charge in [0.1, 0.15) is 10.8 Å². The summed E-state index contributed by atoms with van der Waals surface area (Å²) in [7, 11) is 0. The summed E-state index contributed by atoms with van der Waals surface area (Å²) in [5.74, 6) is 1.00. The lowest BCUT2D eigenvalue weighted by molar-refractivity contribution is 0.462. The van der Waals surface area contributed by atoms with Crippen molar-refractivity contribution in [2.75, 3.05) is 0 Å². The fourth-order valence-corrected chi connectivity index (χ4v) is 1.79. The summed E-state index contributed by atoms with van der Waals surface area (Å²) in [6.45, 7) is 2.30. The Morgan fingerprint density at radius 1 is 1.22 bits per heavy atom. The molecule has 1 aromatic heterocycles. The van der Waals surface area contributed by atoms with Crippen molar-refractivity contribution in [1.82, 2.24) is 4.98 Å². The predicted molar refractivity (Wildman–Crippen MR) is 73.4 cm³/mol. The molecule has 0 amide bonds. The highest BCUT2D eigenvalue weighted by molar-refractivity contribution is 6.32. The molecule has 18 heavy (non-hydrogen) atoms. The van der Waals surface area contributed by atoms with Gasteiger partial charge in [0.25, 0.3) is 0 Å². The van der Waals surface area contributed by atoms with Crippen LogP contribution in [0.25, 0.3) is 0 Å². The van der Waals surface area contributed by atoms with Gasteiger partial charge >= 0.3 is 0 Å². The summed E-state index contributed by atoms with van der Waals surface area (Å²) in [5, 5.41) is 1.13. The Balaban J connectivity index is 2.25. The van der Waals surface area contributed by atoms with Crippen LogP contribution >= 0.6 is 23.2 Å². The molecule has 3 nitrogen and oxygen atoms in total. The second-order valence-corrected chi connectivity index (χ2v) is 4.66. The van der Waals surface area contributed by atoms with Crippen molar-refractivity contribution in [1.29, 1.82) is 0 Å². The number of nitrogens with zero attached hydrogens (tertiary/aromatic N) is 1. The summed E-state index contributed by atoms with van der Waals surface area (Å²) in [6, 6.07) is 7.11. The molecule has 2 N–H and O–H groups in total. The van der Waals surface area contributed by atoms with Crippen LogP contribution in [0.3, 0.4) is 0 Å². The molecule has 2 rings (SSSR count). The fourth-order valence-electron chi connectivity index (χ4n) is 1.44. The molecular weight excluding hydrogens is 271 g/mol. The third kappa shape index (κ3) is 2.93. The number of rotatable bonds is 3. The number of ether oxygens (including phenoxy) is 1. The standard InChI is InChI=1S/C13H12Cl2N2O/c1-8-4-10(2-3-11(8)14)18-13-12(15)5-9(6-16)7-17-13/h2-5,7H,6,16H2,1H3. The van der Waals surface area contributed by atoms with Crippen LogP contribution in [0.5, 0.6) is 11.6 Å². The van der Waals surface area contributed by atoms with Crippen LogP contribution in [-0.4, -0.2) is 4.98 Å². The monoisotopic (exact) mass is 282 g/mol. The van der Waals surface area contributed by atoms with Gasteiger partial charge in [0, 0.05) is 17.8 Å². The molecule has 0 bridgehead atoms. The van der Waals surface area contributed by atoms with E-state index < -0.39 is 0 Å². The lowest BCUT2D eigenvalue weighted by Gasteiger charge is -2.08. The zero-order valence-electron chi connectivity index (χ0n) is 9.78. The van der Waals surface area contributed by atoms with E-state index >= 15 is 0 Å². The van der Waals surface area contributed by atoms with Crippen molar-refractivity contribution in [3.05, 3.63) is 51.6 Å². The van der Waals surface area contributed by atoms with Gasteiger partial charge in [-0.25, -0.2) is 4.98 Å². The Hall–Kier alpha value is -1.29. The van der Waals surface area contributed by atoms with Crippen LogP contribution < -0.4 is 10.5 Å². The first kappa shape index (κ1) is 13.1. The Labute approximate surface area is 115 Å². The molecular formula is C13H12Cl2N2O. The lowest BCUT2D eigenvalue weighted by Crippen LogP contribution is -1.98. The molecule has 0 unspecified atom stereocenters. The van der Waals surface area contributed by atoms with Crippen LogP contribution in [0.1, 0.15) is 11.1 Å². The van der Waals surface area contributed by atoms with Crippen molar-refractivity contribution in [3.63, 3.8) is 0 Å². The molecule has 0 fully saturated rings. The minimum absolute atomic E-state index is 0.357. The molecule has 0 atom stereocenters. The highest BCUT2D eigenvalue weighted by Crippen LogP contribution is 2.29. The van der Waals surface area contributed by atoms with E-state index in [1.54, 1.807) is 24.4 Å². The Kier molecular flexibility index (Phi) is 4.07. The normalized spacial score (nSPS) is 10.4. The molecule has 0 aliphatic heterocycles. The molecule has 94 valence electrons. The van der Waals surface area contributed by atoms with Crippen LogP contribution in [0.4, 0.5) is 0 Å². The molecule has 0 spiro atoms. The zero-order valence-corrected chi connectivity index (χ0v) is 11.3. The van der Waals surface area contributed by atoms with E-state index in [2.05, 4.69) is 4.98 Å². The quantitative estimate of drug-likeness (QED) is 0.927. The zero-order chi connectivity index (χ0) is 13.1. The van der Waals surface area contributed by atoms with E-state index in [4.69, 9.17) is 33.7 Å². The van der Waals surface area contributed by atoms with Crippen molar-refractivity contribution in [2.24, 2.45) is 5.73 Å². The number of halogens is 2. The third-order valence-electron chi connectivity index (χ3n) is 2.44. The van der Waals surface area contributed by atoms with Crippen molar-refractivity contribution >= 4 is 23.2 Å². The van der Waals surface area contributed by atoms with Gasteiger partial charge in [0.15, 0.2) is 0 Å². The van der Waals surface area contributed by atoms with E-state index in [1.807, 2.05) is 13.0 Å². The van der Waals surface area contributed by atoms with Gasteiger partial charge in [-0.1, -0.05) is 23.2 Å². The van der Waals surface area contributed by atoms with E-state index in [9.17, 15) is 0 Å². The first-order chi connectivity index (χ1) is 8.60. The molecule has 0 aliphatic carbocycles. The van der Waals surface area contributed by atoms with Crippen LogP contribution in [-0.2, 0) is 6.54 Å². The fraction of sp³-hybridized carbons (Fsp3) is 0.154. The second-order valence-electron chi connectivity index (χ2n) is 3.85. The maximum Gasteiger partial charge on any atom is 0.238 e. The van der Waals surface area contributed by atoms with E-state index in [1.165, 1.54) is 0 Å². The Morgan fingerprint density at radius 2 is 2.00 bits per heavy atom. The molecule has 1 aromatic carbocycles. The Morgan fingerprint density at radius 3 is 2.61 bits per heavy atom. The number of aryl methyl sites for hydroxylation is 1. The van der Waals surface area contributed by atoms with Gasteiger partial charge in [0.05, 0.1) is 0 Å². The van der Waals surface area contributed by atoms with E-state index in [0.29, 0.717) is 28.2 Å². The number of hydrogen-bond acceptors (Lipinski definition) is 3.